The first-order chi connectivity index (χ1) is 14.0. The molecule has 0 aliphatic heterocycles. The van der Waals surface area contributed by atoms with Crippen LogP contribution in [0.4, 0.5) is 13.2 Å². The van der Waals surface area contributed by atoms with Gasteiger partial charge in [0.1, 0.15) is 0 Å². The van der Waals surface area contributed by atoms with Crippen molar-refractivity contribution in [3.8, 4) is 5.69 Å². The topological polar surface area (TPSA) is 67.1 Å². The molecule has 30 heavy (non-hydrogen) atoms. The van der Waals surface area contributed by atoms with E-state index in [4.69, 9.17) is 0 Å². The number of aromatic nitrogens is 3. The number of halogens is 4. The molecule has 162 valence electrons. The summed E-state index contributed by atoms with van der Waals surface area (Å²) in [6.07, 6.45) is -2.14. The summed E-state index contributed by atoms with van der Waals surface area (Å²) < 4.78 is 39.6. The van der Waals surface area contributed by atoms with E-state index in [9.17, 15) is 13.2 Å². The third kappa shape index (κ3) is 6.97. The Bertz CT molecular complexity index is 939. The number of nitrogens with one attached hydrogen (secondary N) is 2. The smallest absolute Gasteiger partial charge is 0.357 e. The van der Waals surface area contributed by atoms with Crippen LogP contribution in [-0.2, 0) is 19.1 Å². The zero-order chi connectivity index (χ0) is 20.7. The van der Waals surface area contributed by atoms with Crippen LogP contribution in [0.15, 0.2) is 53.0 Å². The molecule has 3 rings (SSSR count). The number of hydrogen-bond acceptors (Lipinski definition) is 4. The minimum Gasteiger partial charge on any atom is -0.357 e. The summed E-state index contributed by atoms with van der Waals surface area (Å²) in [5, 5.41) is 12.2. The highest BCUT2D eigenvalue weighted by Crippen LogP contribution is 2.29. The zero-order valence-corrected chi connectivity index (χ0v) is 19.3. The van der Waals surface area contributed by atoms with E-state index in [1.165, 1.54) is 0 Å². The number of rotatable bonds is 7. The Labute approximate surface area is 193 Å². The van der Waals surface area contributed by atoms with Gasteiger partial charge in [-0.1, -0.05) is 18.2 Å². The van der Waals surface area contributed by atoms with E-state index in [2.05, 4.69) is 25.7 Å². The van der Waals surface area contributed by atoms with Gasteiger partial charge in [-0.15, -0.1) is 35.3 Å². The minimum absolute atomic E-state index is 0. The number of aliphatic imine (C=N–C) groups is 1. The van der Waals surface area contributed by atoms with Crippen LogP contribution in [0.1, 0.15) is 23.3 Å². The Hall–Kier alpha value is -2.15. The van der Waals surface area contributed by atoms with E-state index in [1.54, 1.807) is 4.68 Å². The van der Waals surface area contributed by atoms with Crippen LogP contribution in [-0.4, -0.2) is 33.8 Å². The number of guanidine groups is 1. The van der Waals surface area contributed by atoms with Crippen LogP contribution in [0.3, 0.4) is 0 Å². The summed E-state index contributed by atoms with van der Waals surface area (Å²) in [5.41, 5.74) is 0.933. The van der Waals surface area contributed by atoms with Crippen molar-refractivity contribution in [3.63, 3.8) is 0 Å². The Morgan fingerprint density at radius 2 is 1.93 bits per heavy atom. The van der Waals surface area contributed by atoms with Gasteiger partial charge < -0.3 is 10.6 Å². The van der Waals surface area contributed by atoms with Gasteiger partial charge in [-0.25, -0.2) is 14.7 Å². The average Bonchev–Trinajstić information content (AvgIpc) is 3.36. The lowest BCUT2D eigenvalue weighted by molar-refractivity contribution is -0.140. The van der Waals surface area contributed by atoms with E-state index in [1.807, 2.05) is 49.5 Å². The second kappa shape index (κ2) is 11.3. The molecular formula is C19H22F3IN6S. The van der Waals surface area contributed by atoms with Gasteiger partial charge in [-0.3, -0.25) is 0 Å². The first kappa shape index (κ1) is 24.1. The predicted molar refractivity (Wildman–Crippen MR) is 123 cm³/mol. The van der Waals surface area contributed by atoms with Crippen molar-refractivity contribution in [2.24, 2.45) is 4.99 Å². The maximum absolute atomic E-state index is 12.6. The lowest BCUT2D eigenvalue weighted by Gasteiger charge is -2.10. The van der Waals surface area contributed by atoms with Gasteiger partial charge in [-0.2, -0.15) is 18.3 Å². The van der Waals surface area contributed by atoms with Crippen LogP contribution in [0.2, 0.25) is 0 Å². The maximum Gasteiger partial charge on any atom is 0.434 e. The van der Waals surface area contributed by atoms with E-state index in [0.717, 1.165) is 28.1 Å². The number of nitrogens with zero attached hydrogens (tertiary/aromatic N) is 4. The fourth-order valence-corrected chi connectivity index (χ4v) is 3.32. The number of hydrogen-bond donors (Lipinski definition) is 2. The second-order valence-corrected chi connectivity index (χ2v) is 7.03. The lowest BCUT2D eigenvalue weighted by atomic mass is 10.3. The van der Waals surface area contributed by atoms with Gasteiger partial charge in [0.05, 0.1) is 22.9 Å². The average molecular weight is 550 g/mol. The van der Waals surface area contributed by atoms with Gasteiger partial charge in [0.15, 0.2) is 11.7 Å². The molecule has 2 N–H and O–H groups in total. The van der Waals surface area contributed by atoms with Gasteiger partial charge >= 0.3 is 6.18 Å². The molecule has 0 saturated carbocycles. The van der Waals surface area contributed by atoms with Crippen molar-refractivity contribution in [2.75, 3.05) is 13.1 Å². The third-order valence-corrected chi connectivity index (χ3v) is 4.79. The molecule has 0 fully saturated rings. The molecule has 0 aliphatic rings. The van der Waals surface area contributed by atoms with Gasteiger partial charge in [0.2, 0.25) is 0 Å². The summed E-state index contributed by atoms with van der Waals surface area (Å²) in [7, 11) is 0. The SMILES string of the molecule is CCNC(=NCc1ccn(-c2ccccc2)n1)NCCc1nc(C(F)(F)F)cs1.I. The van der Waals surface area contributed by atoms with Crippen molar-refractivity contribution < 1.29 is 13.2 Å². The summed E-state index contributed by atoms with van der Waals surface area (Å²) in [6, 6.07) is 11.7. The lowest BCUT2D eigenvalue weighted by Crippen LogP contribution is -2.38. The van der Waals surface area contributed by atoms with E-state index < -0.39 is 11.9 Å². The van der Waals surface area contributed by atoms with Gasteiger partial charge in [0.25, 0.3) is 0 Å². The molecule has 0 radical (unpaired) electrons. The van der Waals surface area contributed by atoms with Crippen LogP contribution in [0, 0.1) is 0 Å². The van der Waals surface area contributed by atoms with Crippen LogP contribution < -0.4 is 10.6 Å². The van der Waals surface area contributed by atoms with Crippen LogP contribution >= 0.6 is 35.3 Å². The summed E-state index contributed by atoms with van der Waals surface area (Å²) in [6.45, 7) is 3.41. The zero-order valence-electron chi connectivity index (χ0n) is 16.2. The molecule has 11 heteroatoms. The summed E-state index contributed by atoms with van der Waals surface area (Å²) in [4.78, 5) is 8.12. The Kier molecular flexibility index (Phi) is 9.08. The Morgan fingerprint density at radius 1 is 1.17 bits per heavy atom. The van der Waals surface area contributed by atoms with E-state index in [-0.39, 0.29) is 24.0 Å². The van der Waals surface area contributed by atoms with Crippen molar-refractivity contribution in [1.82, 2.24) is 25.4 Å². The second-order valence-electron chi connectivity index (χ2n) is 6.08. The molecule has 6 nitrogen and oxygen atoms in total. The van der Waals surface area contributed by atoms with E-state index in [0.29, 0.717) is 37.0 Å². The number of para-hydroxylation sites is 1. The van der Waals surface area contributed by atoms with Crippen LogP contribution in [0.25, 0.3) is 5.69 Å². The predicted octanol–water partition coefficient (Wildman–Crippen LogP) is 4.26. The van der Waals surface area contributed by atoms with Gasteiger partial charge in [0, 0.05) is 31.1 Å². The maximum atomic E-state index is 12.6. The highest BCUT2D eigenvalue weighted by molar-refractivity contribution is 14.0. The third-order valence-electron chi connectivity index (χ3n) is 3.88. The van der Waals surface area contributed by atoms with Crippen molar-refractivity contribution >= 4 is 41.3 Å². The molecule has 0 atom stereocenters. The molecule has 0 saturated heterocycles. The largest absolute Gasteiger partial charge is 0.434 e. The minimum atomic E-state index is -4.40. The first-order valence-corrected chi connectivity index (χ1v) is 9.97. The summed E-state index contributed by atoms with van der Waals surface area (Å²) in [5.74, 6) is 0.578. The van der Waals surface area contributed by atoms with Crippen molar-refractivity contribution in [3.05, 3.63) is 64.4 Å². The van der Waals surface area contributed by atoms with Gasteiger partial charge in [-0.05, 0) is 25.1 Å². The van der Waals surface area contributed by atoms with Crippen LogP contribution in [0.5, 0.6) is 0 Å². The molecule has 2 heterocycles. The Morgan fingerprint density at radius 3 is 2.60 bits per heavy atom. The number of alkyl halides is 3. The first-order valence-electron chi connectivity index (χ1n) is 9.09. The molecule has 0 unspecified atom stereocenters. The Balaban J connectivity index is 0.00000320. The molecule has 3 aromatic rings. The number of thiazole rings is 1. The quantitative estimate of drug-likeness (QED) is 0.262. The molecule has 0 bridgehead atoms. The monoisotopic (exact) mass is 550 g/mol. The molecule has 0 spiro atoms. The fourth-order valence-electron chi connectivity index (χ4n) is 2.52. The molecule has 0 amide bonds. The standard InChI is InChI=1S/C19H21F3N6S.HI/c1-2-23-18(24-10-8-17-26-16(13-29-17)19(20,21)22)25-12-14-9-11-28(27-14)15-6-4-3-5-7-15;/h3-7,9,11,13H,2,8,10,12H2,1H3,(H2,23,24,25);1H. The fraction of sp³-hybridized carbons (Fsp3) is 0.316. The highest BCUT2D eigenvalue weighted by Gasteiger charge is 2.33. The molecule has 1 aromatic carbocycles. The molecule has 2 aromatic heterocycles. The van der Waals surface area contributed by atoms with Crippen molar-refractivity contribution in [1.29, 1.82) is 0 Å². The molecular weight excluding hydrogens is 528 g/mol. The summed E-state index contributed by atoms with van der Waals surface area (Å²) >= 11 is 1.01. The van der Waals surface area contributed by atoms with E-state index >= 15 is 0 Å². The normalized spacial score (nSPS) is 11.8. The van der Waals surface area contributed by atoms with Crippen molar-refractivity contribution in [2.45, 2.75) is 26.1 Å². The molecule has 0 aliphatic carbocycles. The number of benzene rings is 1. The highest BCUT2D eigenvalue weighted by atomic mass is 127.